The molecule has 2 saturated heterocycles. The van der Waals surface area contributed by atoms with E-state index < -0.39 is 12.1 Å². The number of likely N-dealkylation sites (tertiary alicyclic amines) is 1. The number of hydrogen-bond donors (Lipinski definition) is 2. The number of carbonyl (C=O) groups excluding carboxylic acids is 3. The fourth-order valence-corrected chi connectivity index (χ4v) is 4.88. The van der Waals surface area contributed by atoms with Crippen molar-refractivity contribution in [2.45, 2.75) is 50.7 Å². The molecule has 37 heavy (non-hydrogen) atoms. The van der Waals surface area contributed by atoms with Crippen LogP contribution in [0.5, 0.6) is 0 Å². The molecule has 0 saturated carbocycles. The van der Waals surface area contributed by atoms with Gasteiger partial charge in [-0.2, -0.15) is 0 Å². The van der Waals surface area contributed by atoms with Gasteiger partial charge in [0.05, 0.1) is 19.6 Å². The Morgan fingerprint density at radius 1 is 1.00 bits per heavy atom. The van der Waals surface area contributed by atoms with Crippen molar-refractivity contribution in [2.24, 2.45) is 5.73 Å². The lowest BCUT2D eigenvalue weighted by molar-refractivity contribution is -0.138. The minimum Gasteiger partial charge on any atom is -0.378 e. The molecule has 3 amide bonds. The summed E-state index contributed by atoms with van der Waals surface area (Å²) >= 11 is 0. The van der Waals surface area contributed by atoms with Crippen molar-refractivity contribution in [1.29, 1.82) is 0 Å². The maximum absolute atomic E-state index is 13.9. The first-order chi connectivity index (χ1) is 17.9. The molecule has 0 bridgehead atoms. The predicted molar refractivity (Wildman–Crippen MR) is 137 cm³/mol. The largest absolute Gasteiger partial charge is 0.378 e. The van der Waals surface area contributed by atoms with Crippen LogP contribution < -0.4 is 11.1 Å². The molecular formula is C28H35FN4O4. The van der Waals surface area contributed by atoms with E-state index in [1.54, 1.807) is 23.1 Å². The van der Waals surface area contributed by atoms with Gasteiger partial charge in [-0.1, -0.05) is 42.5 Å². The van der Waals surface area contributed by atoms with Gasteiger partial charge in [-0.3, -0.25) is 14.4 Å². The van der Waals surface area contributed by atoms with E-state index in [1.165, 1.54) is 6.07 Å². The highest BCUT2D eigenvalue weighted by Crippen LogP contribution is 2.20. The Bertz CT molecular complexity index is 1090. The van der Waals surface area contributed by atoms with Crippen LogP contribution in [0.2, 0.25) is 0 Å². The molecule has 4 rings (SSSR count). The summed E-state index contributed by atoms with van der Waals surface area (Å²) < 4.78 is 19.2. The summed E-state index contributed by atoms with van der Waals surface area (Å²) in [5, 5.41) is 2.94. The Morgan fingerprint density at radius 3 is 2.43 bits per heavy atom. The van der Waals surface area contributed by atoms with Gasteiger partial charge in [0.2, 0.25) is 17.7 Å². The van der Waals surface area contributed by atoms with E-state index >= 15 is 0 Å². The van der Waals surface area contributed by atoms with Gasteiger partial charge in [0, 0.05) is 38.6 Å². The van der Waals surface area contributed by atoms with Crippen LogP contribution in [0.1, 0.15) is 36.0 Å². The van der Waals surface area contributed by atoms with E-state index in [1.807, 2.05) is 29.2 Å². The highest BCUT2D eigenvalue weighted by molar-refractivity contribution is 5.88. The zero-order valence-corrected chi connectivity index (χ0v) is 21.0. The second kappa shape index (κ2) is 12.8. The fourth-order valence-electron chi connectivity index (χ4n) is 4.88. The lowest BCUT2D eigenvalue weighted by Gasteiger charge is -2.27. The number of benzene rings is 2. The highest BCUT2D eigenvalue weighted by Gasteiger charge is 2.34. The van der Waals surface area contributed by atoms with Crippen molar-refractivity contribution in [3.63, 3.8) is 0 Å². The molecular weight excluding hydrogens is 475 g/mol. The van der Waals surface area contributed by atoms with Crippen LogP contribution in [0.25, 0.3) is 0 Å². The van der Waals surface area contributed by atoms with Crippen LogP contribution in [0, 0.1) is 5.82 Å². The van der Waals surface area contributed by atoms with E-state index in [-0.39, 0.29) is 36.4 Å². The number of halogens is 1. The summed E-state index contributed by atoms with van der Waals surface area (Å²) in [4.78, 5) is 41.6. The molecule has 2 aromatic carbocycles. The molecule has 0 aromatic heterocycles. The maximum atomic E-state index is 13.9. The number of nitrogens with two attached hydrogens (primary N) is 1. The summed E-state index contributed by atoms with van der Waals surface area (Å²) in [6.45, 7) is 3.25. The highest BCUT2D eigenvalue weighted by atomic mass is 19.1. The lowest BCUT2D eigenvalue weighted by Crippen LogP contribution is -2.47. The monoisotopic (exact) mass is 510 g/mol. The van der Waals surface area contributed by atoms with Gasteiger partial charge in [-0.25, -0.2) is 4.39 Å². The van der Waals surface area contributed by atoms with Crippen molar-refractivity contribution in [3.05, 3.63) is 71.0 Å². The molecule has 3 N–H and O–H groups in total. The number of hydrogen-bond acceptors (Lipinski definition) is 5. The number of rotatable bonds is 9. The van der Waals surface area contributed by atoms with Crippen molar-refractivity contribution in [3.8, 4) is 0 Å². The van der Waals surface area contributed by atoms with Crippen LogP contribution in [0.15, 0.2) is 48.5 Å². The lowest BCUT2D eigenvalue weighted by atomic mass is 10.0. The van der Waals surface area contributed by atoms with Gasteiger partial charge in [-0.15, -0.1) is 0 Å². The molecule has 0 unspecified atom stereocenters. The molecule has 2 fully saturated rings. The van der Waals surface area contributed by atoms with E-state index in [0.29, 0.717) is 57.8 Å². The molecule has 198 valence electrons. The third-order valence-electron chi connectivity index (χ3n) is 6.96. The zero-order valence-electron chi connectivity index (χ0n) is 21.0. The normalized spacial score (nSPS) is 18.5. The molecule has 0 radical (unpaired) electrons. The summed E-state index contributed by atoms with van der Waals surface area (Å²) in [5.74, 6) is -0.625. The number of morpholine rings is 1. The van der Waals surface area contributed by atoms with Gasteiger partial charge in [0.15, 0.2) is 0 Å². The SMILES string of the molecule is N[C@@H](CC(=O)N1CCC[C@H]1C(=O)NCc1ccc(CC(=O)N2CCOCC2)cc1)Cc1ccccc1F. The van der Waals surface area contributed by atoms with Crippen molar-refractivity contribution in [1.82, 2.24) is 15.1 Å². The number of nitrogens with one attached hydrogen (secondary N) is 1. The zero-order chi connectivity index (χ0) is 26.2. The first kappa shape index (κ1) is 26.8. The number of nitrogens with zero attached hydrogens (tertiary/aromatic N) is 2. The van der Waals surface area contributed by atoms with E-state index in [9.17, 15) is 18.8 Å². The van der Waals surface area contributed by atoms with Crippen LogP contribution in [0.4, 0.5) is 4.39 Å². The van der Waals surface area contributed by atoms with Crippen LogP contribution in [-0.2, 0) is 38.5 Å². The Kier molecular flexibility index (Phi) is 9.24. The average Bonchev–Trinajstić information content (AvgIpc) is 3.40. The Labute approximate surface area is 216 Å². The quantitative estimate of drug-likeness (QED) is 0.535. The standard InChI is InChI=1S/C28H35FN4O4/c29-24-5-2-1-4-22(24)17-23(30)18-27(35)33-11-3-6-25(33)28(36)31-19-21-9-7-20(8-10-21)16-26(34)32-12-14-37-15-13-32/h1-2,4-5,7-10,23,25H,3,6,11-19,30H2,(H,31,36)/t23-,25+/m1/s1. The second-order valence-electron chi connectivity index (χ2n) is 9.71. The molecule has 2 atom stereocenters. The Balaban J connectivity index is 1.24. The number of ether oxygens (including phenoxy) is 1. The molecule has 2 aliphatic heterocycles. The predicted octanol–water partition coefficient (Wildman–Crippen LogP) is 1.79. The molecule has 0 spiro atoms. The third kappa shape index (κ3) is 7.36. The molecule has 2 aromatic rings. The topological polar surface area (TPSA) is 105 Å². The van der Waals surface area contributed by atoms with Crippen LogP contribution >= 0.6 is 0 Å². The fraction of sp³-hybridized carbons (Fsp3) is 0.464. The first-order valence-electron chi connectivity index (χ1n) is 12.9. The maximum Gasteiger partial charge on any atom is 0.243 e. The minimum absolute atomic E-state index is 0.0583. The summed E-state index contributed by atoms with van der Waals surface area (Å²) in [6.07, 6.45) is 2.01. The Morgan fingerprint density at radius 2 is 1.70 bits per heavy atom. The summed E-state index contributed by atoms with van der Waals surface area (Å²) in [6, 6.07) is 13.0. The van der Waals surface area contributed by atoms with Gasteiger partial charge < -0.3 is 25.6 Å². The Hall–Kier alpha value is -3.30. The second-order valence-corrected chi connectivity index (χ2v) is 9.71. The summed E-state index contributed by atoms with van der Waals surface area (Å²) in [7, 11) is 0. The number of amides is 3. The third-order valence-corrected chi connectivity index (χ3v) is 6.96. The van der Waals surface area contributed by atoms with Gasteiger partial charge in [0.25, 0.3) is 0 Å². The molecule has 2 heterocycles. The molecule has 8 nitrogen and oxygen atoms in total. The molecule has 9 heteroatoms. The van der Waals surface area contributed by atoms with Gasteiger partial charge in [-0.05, 0) is 42.0 Å². The minimum atomic E-state index is -0.529. The molecule has 0 aliphatic carbocycles. The average molecular weight is 511 g/mol. The van der Waals surface area contributed by atoms with Crippen molar-refractivity contribution >= 4 is 17.7 Å². The van der Waals surface area contributed by atoms with Gasteiger partial charge >= 0.3 is 0 Å². The van der Waals surface area contributed by atoms with E-state index in [2.05, 4.69) is 5.32 Å². The summed E-state index contributed by atoms with van der Waals surface area (Å²) in [5.41, 5.74) is 8.46. The van der Waals surface area contributed by atoms with Crippen molar-refractivity contribution in [2.75, 3.05) is 32.8 Å². The van der Waals surface area contributed by atoms with E-state index in [4.69, 9.17) is 10.5 Å². The number of carbonyl (C=O) groups is 3. The van der Waals surface area contributed by atoms with Crippen LogP contribution in [0.3, 0.4) is 0 Å². The van der Waals surface area contributed by atoms with Gasteiger partial charge in [0.1, 0.15) is 11.9 Å². The molecule has 2 aliphatic rings. The van der Waals surface area contributed by atoms with Crippen molar-refractivity contribution < 1.29 is 23.5 Å². The van der Waals surface area contributed by atoms with Crippen LogP contribution in [-0.4, -0.2) is 72.5 Å². The smallest absolute Gasteiger partial charge is 0.243 e. The van der Waals surface area contributed by atoms with E-state index in [0.717, 1.165) is 17.5 Å². The first-order valence-corrected chi connectivity index (χ1v) is 12.9.